The summed E-state index contributed by atoms with van der Waals surface area (Å²) in [6.45, 7) is 0. The van der Waals surface area contributed by atoms with Crippen molar-refractivity contribution in [1.82, 2.24) is 0 Å². The SMILES string of the molecule is O=[N+]([O-])c1ccc(Cl)cc1-c1cc[c]cc1. The number of nitrogens with zero attached hydrogens (tertiary/aromatic N) is 1. The lowest BCUT2D eigenvalue weighted by atomic mass is 10.0. The molecule has 0 aliphatic heterocycles. The van der Waals surface area contributed by atoms with Gasteiger partial charge in [-0.3, -0.25) is 10.1 Å². The van der Waals surface area contributed by atoms with Crippen LogP contribution in [-0.2, 0) is 0 Å². The summed E-state index contributed by atoms with van der Waals surface area (Å²) in [5, 5.41) is 11.3. The molecule has 16 heavy (non-hydrogen) atoms. The Labute approximate surface area is 97.4 Å². The Bertz CT molecular complexity index is 526. The molecule has 0 aliphatic carbocycles. The average molecular weight is 233 g/mol. The minimum absolute atomic E-state index is 0.0515. The first-order valence-electron chi connectivity index (χ1n) is 4.59. The van der Waals surface area contributed by atoms with Crippen molar-refractivity contribution < 1.29 is 4.92 Å². The second kappa shape index (κ2) is 4.33. The summed E-state index contributed by atoms with van der Waals surface area (Å²) in [5.74, 6) is 0. The summed E-state index contributed by atoms with van der Waals surface area (Å²) < 4.78 is 0. The minimum atomic E-state index is -0.414. The van der Waals surface area contributed by atoms with Crippen LogP contribution in [0.4, 0.5) is 5.69 Å². The molecule has 3 nitrogen and oxygen atoms in total. The standard InChI is InChI=1S/C12H7ClNO2/c13-10-6-7-12(14(15)16)11(8-10)9-4-2-1-3-5-9/h2-8H. The topological polar surface area (TPSA) is 43.1 Å². The van der Waals surface area contributed by atoms with Crippen LogP contribution in [0.2, 0.25) is 5.02 Å². The van der Waals surface area contributed by atoms with E-state index in [2.05, 4.69) is 6.07 Å². The smallest absolute Gasteiger partial charge is 0.258 e. The highest BCUT2D eigenvalue weighted by Gasteiger charge is 2.14. The molecule has 0 unspecified atom stereocenters. The highest BCUT2D eigenvalue weighted by Crippen LogP contribution is 2.31. The number of hydrogen-bond acceptors (Lipinski definition) is 2. The van der Waals surface area contributed by atoms with Crippen molar-refractivity contribution in [2.24, 2.45) is 0 Å². The average Bonchev–Trinajstić information content (AvgIpc) is 2.29. The molecular weight excluding hydrogens is 226 g/mol. The summed E-state index contributed by atoms with van der Waals surface area (Å²) in [7, 11) is 0. The molecule has 0 aromatic heterocycles. The Kier molecular flexibility index (Phi) is 2.88. The number of nitro groups is 1. The third-order valence-electron chi connectivity index (χ3n) is 2.18. The third-order valence-corrected chi connectivity index (χ3v) is 2.42. The molecule has 79 valence electrons. The maximum atomic E-state index is 10.9. The minimum Gasteiger partial charge on any atom is -0.258 e. The predicted molar refractivity (Wildman–Crippen MR) is 62.4 cm³/mol. The van der Waals surface area contributed by atoms with Crippen LogP contribution in [0.15, 0.2) is 42.5 Å². The first kappa shape index (κ1) is 10.6. The molecule has 0 saturated carbocycles. The van der Waals surface area contributed by atoms with Crippen LogP contribution < -0.4 is 0 Å². The predicted octanol–water partition coefficient (Wildman–Crippen LogP) is 3.72. The second-order valence-corrected chi connectivity index (χ2v) is 3.64. The van der Waals surface area contributed by atoms with Gasteiger partial charge in [0.2, 0.25) is 0 Å². The fourth-order valence-electron chi connectivity index (χ4n) is 1.47. The molecule has 0 fully saturated rings. The van der Waals surface area contributed by atoms with E-state index in [9.17, 15) is 10.1 Å². The fourth-order valence-corrected chi connectivity index (χ4v) is 1.64. The molecule has 0 bridgehead atoms. The molecule has 0 spiro atoms. The first-order valence-corrected chi connectivity index (χ1v) is 4.97. The molecule has 2 aromatic carbocycles. The molecule has 0 N–H and O–H groups in total. The number of nitro benzene ring substituents is 1. The van der Waals surface area contributed by atoms with E-state index in [-0.39, 0.29) is 5.69 Å². The number of rotatable bonds is 2. The van der Waals surface area contributed by atoms with Gasteiger partial charge < -0.3 is 0 Å². The summed E-state index contributed by atoms with van der Waals surface area (Å²) in [6.07, 6.45) is 0. The summed E-state index contributed by atoms with van der Waals surface area (Å²) in [4.78, 5) is 10.4. The maximum Gasteiger partial charge on any atom is 0.277 e. The van der Waals surface area contributed by atoms with Gasteiger partial charge in [-0.25, -0.2) is 0 Å². The van der Waals surface area contributed by atoms with Crippen LogP contribution in [0, 0.1) is 16.2 Å². The van der Waals surface area contributed by atoms with Gasteiger partial charge >= 0.3 is 0 Å². The maximum absolute atomic E-state index is 10.9. The lowest BCUT2D eigenvalue weighted by molar-refractivity contribution is -0.384. The quantitative estimate of drug-likeness (QED) is 0.585. The number of hydrogen-bond donors (Lipinski definition) is 0. The van der Waals surface area contributed by atoms with Gasteiger partial charge in [-0.2, -0.15) is 0 Å². The zero-order valence-electron chi connectivity index (χ0n) is 8.18. The van der Waals surface area contributed by atoms with Gasteiger partial charge in [0.15, 0.2) is 0 Å². The Morgan fingerprint density at radius 3 is 2.50 bits per heavy atom. The lowest BCUT2D eigenvalue weighted by Gasteiger charge is -2.03. The molecule has 0 atom stereocenters. The van der Waals surface area contributed by atoms with E-state index in [4.69, 9.17) is 11.6 Å². The molecule has 2 rings (SSSR count). The van der Waals surface area contributed by atoms with Crippen molar-refractivity contribution in [1.29, 1.82) is 0 Å². The second-order valence-electron chi connectivity index (χ2n) is 3.21. The van der Waals surface area contributed by atoms with Crippen molar-refractivity contribution in [3.8, 4) is 11.1 Å². The third kappa shape index (κ3) is 2.04. The van der Waals surface area contributed by atoms with Crippen molar-refractivity contribution in [2.75, 3.05) is 0 Å². The fraction of sp³-hybridized carbons (Fsp3) is 0. The van der Waals surface area contributed by atoms with Crippen LogP contribution in [0.25, 0.3) is 11.1 Å². The number of benzene rings is 2. The van der Waals surface area contributed by atoms with E-state index in [1.807, 2.05) is 0 Å². The monoisotopic (exact) mass is 232 g/mol. The van der Waals surface area contributed by atoms with Crippen LogP contribution in [0.1, 0.15) is 0 Å². The van der Waals surface area contributed by atoms with Crippen molar-refractivity contribution >= 4 is 17.3 Å². The molecule has 0 aliphatic rings. The van der Waals surface area contributed by atoms with Gasteiger partial charge in [0.1, 0.15) is 0 Å². The van der Waals surface area contributed by atoms with E-state index in [1.165, 1.54) is 12.1 Å². The van der Waals surface area contributed by atoms with Gasteiger partial charge in [0, 0.05) is 11.1 Å². The summed E-state index contributed by atoms with van der Waals surface area (Å²) in [6, 6.07) is 14.3. The van der Waals surface area contributed by atoms with E-state index in [1.54, 1.807) is 30.3 Å². The molecular formula is C12H7ClNO2. The normalized spacial score (nSPS) is 10.1. The molecule has 2 aromatic rings. The zero-order valence-corrected chi connectivity index (χ0v) is 8.94. The van der Waals surface area contributed by atoms with E-state index in [0.717, 1.165) is 5.56 Å². The van der Waals surface area contributed by atoms with Gasteiger partial charge in [0.05, 0.1) is 10.5 Å². The van der Waals surface area contributed by atoms with E-state index >= 15 is 0 Å². The summed E-state index contributed by atoms with van der Waals surface area (Å²) in [5.41, 5.74) is 1.33. The van der Waals surface area contributed by atoms with Gasteiger partial charge in [-0.05, 0) is 23.8 Å². The number of halogens is 1. The molecule has 0 saturated heterocycles. The van der Waals surface area contributed by atoms with Crippen LogP contribution in [0.5, 0.6) is 0 Å². The highest BCUT2D eigenvalue weighted by atomic mass is 35.5. The first-order chi connectivity index (χ1) is 7.68. The van der Waals surface area contributed by atoms with Crippen molar-refractivity contribution in [3.05, 3.63) is 63.7 Å². The van der Waals surface area contributed by atoms with E-state index in [0.29, 0.717) is 10.6 Å². The van der Waals surface area contributed by atoms with E-state index < -0.39 is 4.92 Å². The molecule has 0 heterocycles. The Hall–Kier alpha value is -1.87. The Balaban J connectivity index is 2.63. The van der Waals surface area contributed by atoms with Gasteiger partial charge in [-0.1, -0.05) is 35.9 Å². The van der Waals surface area contributed by atoms with Gasteiger partial charge in [0.25, 0.3) is 5.69 Å². The van der Waals surface area contributed by atoms with Crippen molar-refractivity contribution in [2.45, 2.75) is 0 Å². The summed E-state index contributed by atoms with van der Waals surface area (Å²) >= 11 is 5.84. The zero-order chi connectivity index (χ0) is 11.5. The van der Waals surface area contributed by atoms with Crippen LogP contribution in [0.3, 0.4) is 0 Å². The van der Waals surface area contributed by atoms with Crippen LogP contribution >= 0.6 is 11.6 Å². The van der Waals surface area contributed by atoms with Gasteiger partial charge in [-0.15, -0.1) is 0 Å². The Morgan fingerprint density at radius 1 is 1.19 bits per heavy atom. The largest absolute Gasteiger partial charge is 0.277 e. The lowest BCUT2D eigenvalue weighted by Crippen LogP contribution is -1.91. The molecule has 1 radical (unpaired) electrons. The molecule has 4 heteroatoms. The van der Waals surface area contributed by atoms with Crippen molar-refractivity contribution in [3.63, 3.8) is 0 Å². The van der Waals surface area contributed by atoms with Crippen LogP contribution in [-0.4, -0.2) is 4.92 Å². The highest BCUT2D eigenvalue weighted by molar-refractivity contribution is 6.31. The Morgan fingerprint density at radius 2 is 1.88 bits per heavy atom. The molecule has 0 amide bonds.